The van der Waals surface area contributed by atoms with Crippen LogP contribution in [-0.2, 0) is 18.3 Å². The van der Waals surface area contributed by atoms with Gasteiger partial charge in [0.25, 0.3) is 5.91 Å². The van der Waals surface area contributed by atoms with E-state index in [0.29, 0.717) is 28.8 Å². The highest BCUT2D eigenvalue weighted by Gasteiger charge is 2.08. The summed E-state index contributed by atoms with van der Waals surface area (Å²) >= 11 is 11.7. The molecule has 2 aromatic carbocycles. The number of amides is 1. The lowest BCUT2D eigenvalue weighted by molar-refractivity contribution is -0.123. The van der Waals surface area contributed by atoms with Crippen molar-refractivity contribution in [2.24, 2.45) is 7.05 Å². The van der Waals surface area contributed by atoms with E-state index < -0.39 is 0 Å². The summed E-state index contributed by atoms with van der Waals surface area (Å²) in [6.45, 7) is 0.404. The van der Waals surface area contributed by atoms with Crippen molar-refractivity contribution in [3.8, 4) is 5.75 Å². The Bertz CT molecular complexity index is 908. The zero-order valence-electron chi connectivity index (χ0n) is 13.6. The molecule has 0 unspecified atom stereocenters. The molecule has 3 rings (SSSR count). The third kappa shape index (κ3) is 4.24. The standard InChI is InChI=1S/C18H17Cl2N3O2/c1-23-16-5-3-2-4-15(16)22-17(23)8-9-21-18(24)11-25-12-6-7-13(19)14(20)10-12/h2-7,10H,8-9,11H2,1H3,(H,21,24). The van der Waals surface area contributed by atoms with Gasteiger partial charge in [-0.25, -0.2) is 4.98 Å². The smallest absolute Gasteiger partial charge is 0.257 e. The molecule has 0 spiro atoms. The number of imidazole rings is 1. The minimum Gasteiger partial charge on any atom is -0.484 e. The lowest BCUT2D eigenvalue weighted by Gasteiger charge is -2.08. The minimum absolute atomic E-state index is 0.0828. The number of benzene rings is 2. The maximum atomic E-state index is 11.9. The number of carbonyl (C=O) groups excluding carboxylic acids is 1. The van der Waals surface area contributed by atoms with Gasteiger partial charge in [0.2, 0.25) is 0 Å². The highest BCUT2D eigenvalue weighted by Crippen LogP contribution is 2.26. The Hall–Kier alpha value is -2.24. The molecule has 0 aliphatic heterocycles. The van der Waals surface area contributed by atoms with E-state index in [1.807, 2.05) is 35.9 Å². The van der Waals surface area contributed by atoms with E-state index >= 15 is 0 Å². The van der Waals surface area contributed by atoms with Gasteiger partial charge < -0.3 is 14.6 Å². The van der Waals surface area contributed by atoms with Crippen LogP contribution in [0, 0.1) is 0 Å². The molecule has 1 heterocycles. The molecule has 3 aromatic rings. The van der Waals surface area contributed by atoms with Crippen LogP contribution in [0.2, 0.25) is 10.0 Å². The normalized spacial score (nSPS) is 10.8. The first-order valence-corrected chi connectivity index (χ1v) is 8.55. The Labute approximate surface area is 155 Å². The zero-order valence-corrected chi connectivity index (χ0v) is 15.1. The van der Waals surface area contributed by atoms with Crippen molar-refractivity contribution in [1.29, 1.82) is 0 Å². The molecule has 1 N–H and O–H groups in total. The zero-order chi connectivity index (χ0) is 17.8. The number of para-hydroxylation sites is 2. The Morgan fingerprint density at radius 1 is 1.20 bits per heavy atom. The van der Waals surface area contributed by atoms with Crippen molar-refractivity contribution < 1.29 is 9.53 Å². The van der Waals surface area contributed by atoms with Crippen molar-refractivity contribution in [3.63, 3.8) is 0 Å². The summed E-state index contributed by atoms with van der Waals surface area (Å²) in [5.41, 5.74) is 2.03. The second-order valence-electron chi connectivity index (χ2n) is 5.54. The highest BCUT2D eigenvalue weighted by molar-refractivity contribution is 6.42. The van der Waals surface area contributed by atoms with Gasteiger partial charge in [0.1, 0.15) is 11.6 Å². The van der Waals surface area contributed by atoms with Crippen molar-refractivity contribution in [2.75, 3.05) is 13.2 Å². The van der Waals surface area contributed by atoms with Crippen LogP contribution in [0.25, 0.3) is 11.0 Å². The van der Waals surface area contributed by atoms with Crippen LogP contribution in [0.5, 0.6) is 5.75 Å². The van der Waals surface area contributed by atoms with Crippen molar-refractivity contribution in [1.82, 2.24) is 14.9 Å². The fraction of sp³-hybridized carbons (Fsp3) is 0.222. The molecule has 7 heteroatoms. The van der Waals surface area contributed by atoms with Gasteiger partial charge in [-0.3, -0.25) is 4.79 Å². The molecule has 0 atom stereocenters. The number of carbonyl (C=O) groups is 1. The number of aryl methyl sites for hydroxylation is 1. The molecule has 5 nitrogen and oxygen atoms in total. The van der Waals surface area contributed by atoms with Gasteiger partial charge in [-0.05, 0) is 24.3 Å². The second-order valence-corrected chi connectivity index (χ2v) is 6.35. The van der Waals surface area contributed by atoms with Crippen LogP contribution in [0.15, 0.2) is 42.5 Å². The van der Waals surface area contributed by atoms with Gasteiger partial charge in [-0.15, -0.1) is 0 Å². The topological polar surface area (TPSA) is 56.2 Å². The quantitative estimate of drug-likeness (QED) is 0.713. The summed E-state index contributed by atoms with van der Waals surface area (Å²) < 4.78 is 7.44. The maximum absolute atomic E-state index is 11.9. The number of hydrogen-bond donors (Lipinski definition) is 1. The number of nitrogens with one attached hydrogen (secondary N) is 1. The number of ether oxygens (including phenoxy) is 1. The summed E-state index contributed by atoms with van der Waals surface area (Å²) in [5, 5.41) is 3.66. The molecule has 0 radical (unpaired) electrons. The number of fused-ring (bicyclic) bond motifs is 1. The van der Waals surface area contributed by atoms with Crippen LogP contribution < -0.4 is 10.1 Å². The van der Waals surface area contributed by atoms with E-state index in [1.165, 1.54) is 0 Å². The van der Waals surface area contributed by atoms with Crippen molar-refractivity contribution in [2.45, 2.75) is 6.42 Å². The summed E-state index contributed by atoms with van der Waals surface area (Å²) in [6, 6.07) is 12.8. The Kier molecular flexibility index (Phi) is 5.46. The average Bonchev–Trinajstić information content (AvgIpc) is 2.92. The van der Waals surface area contributed by atoms with Crippen LogP contribution >= 0.6 is 23.2 Å². The van der Waals surface area contributed by atoms with Crippen LogP contribution in [0.4, 0.5) is 0 Å². The number of halogens is 2. The van der Waals surface area contributed by atoms with Crippen molar-refractivity contribution >= 4 is 40.1 Å². The Morgan fingerprint density at radius 3 is 2.76 bits per heavy atom. The largest absolute Gasteiger partial charge is 0.484 e. The predicted octanol–water partition coefficient (Wildman–Crippen LogP) is 3.62. The fourth-order valence-corrected chi connectivity index (χ4v) is 2.79. The van der Waals surface area contributed by atoms with E-state index in [4.69, 9.17) is 27.9 Å². The average molecular weight is 378 g/mol. The number of rotatable bonds is 6. The van der Waals surface area contributed by atoms with Crippen LogP contribution in [0.3, 0.4) is 0 Å². The molecule has 1 amide bonds. The van der Waals surface area contributed by atoms with Crippen LogP contribution in [0.1, 0.15) is 5.82 Å². The molecule has 0 fully saturated rings. The number of aromatic nitrogens is 2. The monoisotopic (exact) mass is 377 g/mol. The van der Waals surface area contributed by atoms with Gasteiger partial charge in [-0.2, -0.15) is 0 Å². The predicted molar refractivity (Wildman–Crippen MR) is 99.4 cm³/mol. The maximum Gasteiger partial charge on any atom is 0.257 e. The number of hydrogen-bond acceptors (Lipinski definition) is 3. The van der Waals surface area contributed by atoms with Crippen molar-refractivity contribution in [3.05, 3.63) is 58.3 Å². The molecular weight excluding hydrogens is 361 g/mol. The van der Waals surface area contributed by atoms with Gasteiger partial charge in [0.15, 0.2) is 6.61 Å². The molecule has 0 aliphatic rings. The summed E-state index contributed by atoms with van der Waals surface area (Å²) in [4.78, 5) is 16.5. The Morgan fingerprint density at radius 2 is 2.00 bits per heavy atom. The molecule has 1 aromatic heterocycles. The van der Waals surface area contributed by atoms with Crippen LogP contribution in [-0.4, -0.2) is 28.6 Å². The summed E-state index contributed by atoms with van der Waals surface area (Å²) in [7, 11) is 1.97. The van der Waals surface area contributed by atoms with Gasteiger partial charge in [0.05, 0.1) is 21.1 Å². The first-order valence-electron chi connectivity index (χ1n) is 7.79. The van der Waals surface area contributed by atoms with E-state index in [2.05, 4.69) is 10.3 Å². The first kappa shape index (κ1) is 17.6. The third-order valence-electron chi connectivity index (χ3n) is 3.81. The van der Waals surface area contributed by atoms with E-state index in [1.54, 1.807) is 18.2 Å². The molecule has 0 bridgehead atoms. The molecule has 0 saturated heterocycles. The van der Waals surface area contributed by atoms with Gasteiger partial charge in [0, 0.05) is 26.1 Å². The molecule has 25 heavy (non-hydrogen) atoms. The lowest BCUT2D eigenvalue weighted by Crippen LogP contribution is -2.31. The summed E-state index contributed by atoms with van der Waals surface area (Å²) in [5.74, 6) is 1.22. The lowest BCUT2D eigenvalue weighted by atomic mass is 10.3. The van der Waals surface area contributed by atoms with E-state index in [0.717, 1.165) is 16.9 Å². The Balaban J connectivity index is 1.48. The molecule has 0 saturated carbocycles. The SMILES string of the molecule is Cn1c(CCNC(=O)COc2ccc(Cl)c(Cl)c2)nc2ccccc21. The fourth-order valence-electron chi connectivity index (χ4n) is 2.50. The molecule has 130 valence electrons. The van der Waals surface area contributed by atoms with E-state index in [9.17, 15) is 4.79 Å². The number of nitrogens with zero attached hydrogens (tertiary/aromatic N) is 2. The molecular formula is C18H17Cl2N3O2. The third-order valence-corrected chi connectivity index (χ3v) is 4.55. The van der Waals surface area contributed by atoms with Gasteiger partial charge >= 0.3 is 0 Å². The highest BCUT2D eigenvalue weighted by atomic mass is 35.5. The molecule has 0 aliphatic carbocycles. The first-order chi connectivity index (χ1) is 12.0. The van der Waals surface area contributed by atoms with Gasteiger partial charge in [-0.1, -0.05) is 35.3 Å². The summed E-state index contributed by atoms with van der Waals surface area (Å²) in [6.07, 6.45) is 0.643. The second kappa shape index (κ2) is 7.76. The van der Waals surface area contributed by atoms with E-state index in [-0.39, 0.29) is 12.5 Å². The minimum atomic E-state index is -0.204.